The minimum Gasteiger partial charge on any atom is -0.348 e. The molecule has 0 amide bonds. The van der Waals surface area contributed by atoms with Gasteiger partial charge in [-0.3, -0.25) is 0 Å². The molecule has 4 rings (SSSR count). The minimum atomic E-state index is -2.23. The predicted octanol–water partition coefficient (Wildman–Crippen LogP) is 7.87. The van der Waals surface area contributed by atoms with Gasteiger partial charge in [-0.15, -0.1) is 0 Å². The summed E-state index contributed by atoms with van der Waals surface area (Å²) in [5.41, 5.74) is -6.76. The summed E-state index contributed by atoms with van der Waals surface area (Å²) in [6.07, 6.45) is 2.76. The van der Waals surface area contributed by atoms with Crippen molar-refractivity contribution in [2.45, 2.75) is 83.7 Å². The van der Waals surface area contributed by atoms with Crippen molar-refractivity contribution in [3.63, 3.8) is 0 Å². The Labute approximate surface area is 224 Å². The van der Waals surface area contributed by atoms with Gasteiger partial charge in [0.2, 0.25) is 5.95 Å². The molecule has 0 fully saturated rings. The Hall–Kier alpha value is -3.04. The van der Waals surface area contributed by atoms with Crippen LogP contribution >= 0.6 is 0 Å². The number of rotatable bonds is 8. The van der Waals surface area contributed by atoms with Crippen molar-refractivity contribution in [2.75, 3.05) is 5.32 Å². The molecule has 2 unspecified atom stereocenters. The molecule has 10 heteroatoms. The number of halogens is 6. The highest BCUT2D eigenvalue weighted by Crippen LogP contribution is 2.62. The van der Waals surface area contributed by atoms with Gasteiger partial charge in [0.05, 0.1) is 16.5 Å². The molecule has 1 aromatic heterocycles. The van der Waals surface area contributed by atoms with Crippen LogP contribution in [0, 0.1) is 46.7 Å². The van der Waals surface area contributed by atoms with Gasteiger partial charge in [0.25, 0.3) is 0 Å². The molecule has 0 bridgehead atoms. The number of anilines is 1. The van der Waals surface area contributed by atoms with E-state index in [2.05, 4.69) is 15.4 Å². The summed E-state index contributed by atoms with van der Waals surface area (Å²) in [7, 11) is 0. The van der Waals surface area contributed by atoms with Gasteiger partial charge in [-0.25, -0.2) is 31.0 Å². The van der Waals surface area contributed by atoms with Crippen LogP contribution in [0.25, 0.3) is 0 Å². The molecular weight excluding hydrogens is 518 g/mol. The van der Waals surface area contributed by atoms with E-state index in [0.29, 0.717) is 37.1 Å². The third kappa shape index (κ3) is 4.39. The second-order valence-corrected chi connectivity index (χ2v) is 11.7. The van der Waals surface area contributed by atoms with Crippen LogP contribution in [0.2, 0.25) is 0 Å². The van der Waals surface area contributed by atoms with Crippen LogP contribution < -0.4 is 5.32 Å². The van der Waals surface area contributed by atoms with Gasteiger partial charge in [-0.2, -0.15) is 10.1 Å². The Kier molecular flexibility index (Phi) is 7.55. The van der Waals surface area contributed by atoms with E-state index in [1.54, 1.807) is 13.8 Å². The maximum atomic E-state index is 16.1. The Balaban J connectivity index is 2.34. The van der Waals surface area contributed by atoms with Crippen molar-refractivity contribution in [1.29, 1.82) is 0 Å². The van der Waals surface area contributed by atoms with Gasteiger partial charge < -0.3 is 5.32 Å². The van der Waals surface area contributed by atoms with Crippen molar-refractivity contribution >= 4 is 5.95 Å². The Morgan fingerprint density at radius 1 is 0.846 bits per heavy atom. The maximum absolute atomic E-state index is 16.1. The Bertz CT molecular complexity index is 1260. The third-order valence-electron chi connectivity index (χ3n) is 8.30. The van der Waals surface area contributed by atoms with Gasteiger partial charge in [0, 0.05) is 35.4 Å². The van der Waals surface area contributed by atoms with Crippen molar-refractivity contribution < 1.29 is 26.3 Å². The number of nitrogens with zero attached hydrogens (tertiary/aromatic N) is 3. The second-order valence-electron chi connectivity index (χ2n) is 11.7. The molecule has 1 N–H and O–H groups in total. The number of aromatic nitrogens is 3. The standard InChI is InChI=1S/C29H34F6N4/c1-7-17(4)14-28(9-8-16(2)3)29(24-20(32)10-18(30)11-21(24)33,25-22(34)12-19(31)13-23(25)35)27(5,6)38-26-36-15-37-39(26)28/h10-13,15-17H,7-9,14H2,1-6H3,(H,36,37,38). The molecule has 1 aliphatic heterocycles. The Morgan fingerprint density at radius 2 is 1.33 bits per heavy atom. The van der Waals surface area contributed by atoms with Gasteiger partial charge >= 0.3 is 0 Å². The first-order valence-corrected chi connectivity index (χ1v) is 13.2. The summed E-state index contributed by atoms with van der Waals surface area (Å²) in [5.74, 6) is -7.37. The topological polar surface area (TPSA) is 42.7 Å². The quantitative estimate of drug-likeness (QED) is 0.289. The molecule has 3 aromatic rings. The van der Waals surface area contributed by atoms with Crippen LogP contribution in [0.1, 0.15) is 78.4 Å². The molecule has 2 atom stereocenters. The maximum Gasteiger partial charge on any atom is 0.222 e. The fourth-order valence-corrected chi connectivity index (χ4v) is 6.65. The molecule has 0 saturated heterocycles. The van der Waals surface area contributed by atoms with Crippen LogP contribution in [-0.2, 0) is 11.0 Å². The van der Waals surface area contributed by atoms with Crippen LogP contribution in [-0.4, -0.2) is 20.3 Å². The first-order valence-electron chi connectivity index (χ1n) is 13.2. The average molecular weight is 553 g/mol. The van der Waals surface area contributed by atoms with Crippen molar-refractivity contribution in [3.05, 3.63) is 76.6 Å². The Morgan fingerprint density at radius 3 is 1.77 bits per heavy atom. The molecule has 39 heavy (non-hydrogen) atoms. The van der Waals surface area contributed by atoms with Crippen molar-refractivity contribution in [3.8, 4) is 0 Å². The van der Waals surface area contributed by atoms with E-state index in [9.17, 15) is 8.78 Å². The summed E-state index contributed by atoms with van der Waals surface area (Å²) in [6, 6.07) is 2.01. The smallest absolute Gasteiger partial charge is 0.222 e. The van der Waals surface area contributed by atoms with Gasteiger partial charge in [-0.05, 0) is 44.9 Å². The summed E-state index contributed by atoms with van der Waals surface area (Å²) < 4.78 is 94.5. The highest BCUT2D eigenvalue weighted by molar-refractivity contribution is 5.57. The number of hydrogen-bond acceptors (Lipinski definition) is 3. The summed E-state index contributed by atoms with van der Waals surface area (Å²) in [5, 5.41) is 7.56. The van der Waals surface area contributed by atoms with Crippen molar-refractivity contribution in [1.82, 2.24) is 14.8 Å². The van der Waals surface area contributed by atoms with E-state index in [4.69, 9.17) is 0 Å². The molecular formula is C29H34F6N4. The molecule has 2 heterocycles. The predicted molar refractivity (Wildman–Crippen MR) is 137 cm³/mol. The molecule has 2 aromatic carbocycles. The minimum absolute atomic E-state index is 0.0901. The summed E-state index contributed by atoms with van der Waals surface area (Å²) in [4.78, 5) is 4.32. The first-order chi connectivity index (χ1) is 18.2. The number of hydrogen-bond donors (Lipinski definition) is 1. The third-order valence-corrected chi connectivity index (χ3v) is 8.30. The highest BCUT2D eigenvalue weighted by atomic mass is 19.2. The number of benzene rings is 2. The average Bonchev–Trinajstić information content (AvgIpc) is 3.26. The molecule has 0 aliphatic carbocycles. The van der Waals surface area contributed by atoms with E-state index in [-0.39, 0.29) is 30.6 Å². The van der Waals surface area contributed by atoms with Crippen molar-refractivity contribution in [2.24, 2.45) is 11.8 Å². The summed E-state index contributed by atoms with van der Waals surface area (Å²) in [6.45, 7) is 10.9. The largest absolute Gasteiger partial charge is 0.348 e. The van der Waals surface area contributed by atoms with Crippen LogP contribution in [0.5, 0.6) is 0 Å². The SMILES string of the molecule is CCC(C)CC1(CCC(C)C)n2ncnc2NC(C)(C)C1(c1c(F)cc(F)cc1F)c1c(F)cc(F)cc1F. The molecule has 212 valence electrons. The van der Waals surface area contributed by atoms with Crippen LogP contribution in [0.3, 0.4) is 0 Å². The fourth-order valence-electron chi connectivity index (χ4n) is 6.65. The second kappa shape index (κ2) is 10.2. The fraction of sp³-hybridized carbons (Fsp3) is 0.517. The van der Waals surface area contributed by atoms with E-state index in [1.165, 1.54) is 11.0 Å². The van der Waals surface area contributed by atoms with E-state index >= 15 is 17.6 Å². The zero-order valence-electron chi connectivity index (χ0n) is 23.0. The molecule has 0 radical (unpaired) electrons. The lowest BCUT2D eigenvalue weighted by molar-refractivity contribution is 0.0235. The van der Waals surface area contributed by atoms with Crippen LogP contribution in [0.15, 0.2) is 30.6 Å². The lowest BCUT2D eigenvalue weighted by atomic mass is 9.48. The lowest BCUT2D eigenvalue weighted by Gasteiger charge is -2.62. The molecule has 0 saturated carbocycles. The van der Waals surface area contributed by atoms with Gasteiger partial charge in [-0.1, -0.05) is 34.1 Å². The van der Waals surface area contributed by atoms with Gasteiger partial charge in [0.15, 0.2) is 0 Å². The van der Waals surface area contributed by atoms with E-state index in [1.807, 2.05) is 27.7 Å². The summed E-state index contributed by atoms with van der Waals surface area (Å²) >= 11 is 0. The first kappa shape index (κ1) is 29.0. The zero-order chi connectivity index (χ0) is 28.9. The van der Waals surface area contributed by atoms with Gasteiger partial charge in [0.1, 0.15) is 41.2 Å². The normalized spacial score (nSPS) is 20.5. The highest BCUT2D eigenvalue weighted by Gasteiger charge is 2.69. The lowest BCUT2D eigenvalue weighted by Crippen LogP contribution is -2.71. The number of fused-ring (bicyclic) bond motifs is 1. The zero-order valence-corrected chi connectivity index (χ0v) is 23.0. The number of nitrogens with one attached hydrogen (secondary N) is 1. The molecule has 1 aliphatic rings. The molecule has 0 spiro atoms. The van der Waals surface area contributed by atoms with Crippen LogP contribution in [0.4, 0.5) is 32.3 Å². The van der Waals surface area contributed by atoms with E-state index < -0.39 is 62.5 Å². The van der Waals surface area contributed by atoms with E-state index in [0.717, 1.165) is 0 Å². The molecule has 4 nitrogen and oxygen atoms in total. The monoisotopic (exact) mass is 552 g/mol.